The molecule has 4 nitrogen and oxygen atoms in total. The van der Waals surface area contributed by atoms with Crippen molar-refractivity contribution in [3.8, 4) is 6.07 Å². The van der Waals surface area contributed by atoms with Crippen molar-refractivity contribution in [2.24, 2.45) is 0 Å². The highest BCUT2D eigenvalue weighted by atomic mass is 35.5. The fourth-order valence-electron chi connectivity index (χ4n) is 1.60. The van der Waals surface area contributed by atoms with E-state index in [1.807, 2.05) is 6.07 Å². The molecule has 0 fully saturated rings. The average Bonchev–Trinajstić information content (AvgIpc) is 2.84. The van der Waals surface area contributed by atoms with Crippen LogP contribution in [0.1, 0.15) is 22.6 Å². The number of carbonyl (C=O) groups excluding carboxylic acids is 1. The molecular weight excluding hydrogens is 250 g/mol. The lowest BCUT2D eigenvalue weighted by molar-refractivity contribution is 0.102. The molecule has 1 aromatic carbocycles. The van der Waals surface area contributed by atoms with Gasteiger partial charge in [-0.2, -0.15) is 5.26 Å². The van der Waals surface area contributed by atoms with Gasteiger partial charge in [0, 0.05) is 29.5 Å². The lowest BCUT2D eigenvalue weighted by Crippen LogP contribution is -2.11. The van der Waals surface area contributed by atoms with Gasteiger partial charge in [-0.15, -0.1) is 0 Å². The van der Waals surface area contributed by atoms with Crippen molar-refractivity contribution in [2.75, 3.05) is 0 Å². The van der Waals surface area contributed by atoms with Crippen molar-refractivity contribution in [3.05, 3.63) is 53.1 Å². The quantitative estimate of drug-likeness (QED) is 0.793. The van der Waals surface area contributed by atoms with Crippen LogP contribution in [0.25, 0.3) is 0 Å². The highest BCUT2D eigenvalue weighted by Crippen LogP contribution is 2.13. The molecule has 0 radical (unpaired) electrons. The second-order valence-electron chi connectivity index (χ2n) is 3.69. The highest BCUT2D eigenvalue weighted by Gasteiger charge is 2.14. The van der Waals surface area contributed by atoms with Crippen LogP contribution in [-0.4, -0.2) is 15.3 Å². The van der Waals surface area contributed by atoms with Crippen LogP contribution in [0.2, 0.25) is 5.02 Å². The minimum absolute atomic E-state index is 0.172. The molecule has 1 aromatic heterocycles. The van der Waals surface area contributed by atoms with Crippen LogP contribution in [0.5, 0.6) is 0 Å². The van der Waals surface area contributed by atoms with E-state index in [-0.39, 0.29) is 5.78 Å². The molecule has 0 aliphatic carbocycles. The first-order valence-electron chi connectivity index (χ1n) is 5.40. The molecule has 0 bridgehead atoms. The molecule has 0 atom stereocenters. The number of halogens is 1. The molecule has 0 aliphatic heterocycles. The number of hydrogen-bond donors (Lipinski definition) is 0. The molecule has 0 saturated heterocycles. The minimum Gasteiger partial charge on any atom is -0.327 e. The zero-order chi connectivity index (χ0) is 13.0. The average molecular weight is 260 g/mol. The van der Waals surface area contributed by atoms with Crippen LogP contribution in [0.3, 0.4) is 0 Å². The molecular formula is C13H10ClN3O. The second-order valence-corrected chi connectivity index (χ2v) is 4.12. The fourth-order valence-corrected chi connectivity index (χ4v) is 1.73. The van der Waals surface area contributed by atoms with Crippen LogP contribution in [0.15, 0.2) is 36.7 Å². The predicted molar refractivity (Wildman–Crippen MR) is 67.3 cm³/mol. The largest absolute Gasteiger partial charge is 0.327 e. The van der Waals surface area contributed by atoms with E-state index in [1.165, 1.54) is 0 Å². The summed E-state index contributed by atoms with van der Waals surface area (Å²) in [6.45, 7) is 0.463. The smallest absolute Gasteiger partial charge is 0.228 e. The van der Waals surface area contributed by atoms with Gasteiger partial charge in [0.25, 0.3) is 0 Å². The summed E-state index contributed by atoms with van der Waals surface area (Å²) in [5.74, 6) is 0.169. The zero-order valence-electron chi connectivity index (χ0n) is 9.51. The van der Waals surface area contributed by atoms with Gasteiger partial charge >= 0.3 is 0 Å². The Kier molecular flexibility index (Phi) is 3.75. The van der Waals surface area contributed by atoms with Crippen molar-refractivity contribution >= 4 is 17.4 Å². The monoisotopic (exact) mass is 259 g/mol. The Hall–Kier alpha value is -2.12. The van der Waals surface area contributed by atoms with Gasteiger partial charge in [0.05, 0.1) is 12.5 Å². The number of aryl methyl sites for hydroxylation is 1. The van der Waals surface area contributed by atoms with E-state index in [0.29, 0.717) is 29.4 Å². The minimum atomic E-state index is -0.172. The summed E-state index contributed by atoms with van der Waals surface area (Å²) in [6, 6.07) is 8.69. The molecule has 5 heteroatoms. The molecule has 90 valence electrons. The lowest BCUT2D eigenvalue weighted by Gasteiger charge is -2.04. The normalized spacial score (nSPS) is 10.0. The molecule has 0 amide bonds. The highest BCUT2D eigenvalue weighted by molar-refractivity contribution is 6.30. The number of imidazole rings is 1. The van der Waals surface area contributed by atoms with Crippen molar-refractivity contribution in [1.29, 1.82) is 5.26 Å². The maximum atomic E-state index is 12.2. The summed E-state index contributed by atoms with van der Waals surface area (Å²) in [4.78, 5) is 16.2. The third-order valence-corrected chi connectivity index (χ3v) is 2.74. The third-order valence-electron chi connectivity index (χ3n) is 2.49. The number of benzene rings is 1. The summed E-state index contributed by atoms with van der Waals surface area (Å²) >= 11 is 5.77. The number of carbonyl (C=O) groups is 1. The van der Waals surface area contributed by atoms with Crippen molar-refractivity contribution in [2.45, 2.75) is 13.0 Å². The molecule has 2 aromatic rings. The maximum Gasteiger partial charge on any atom is 0.228 e. The topological polar surface area (TPSA) is 58.7 Å². The Morgan fingerprint density at radius 3 is 2.78 bits per heavy atom. The first kappa shape index (κ1) is 12.3. The number of ketones is 1. The Bertz CT molecular complexity index is 595. The molecule has 1 heterocycles. The Balaban J connectivity index is 2.26. The van der Waals surface area contributed by atoms with Crippen LogP contribution >= 0.6 is 11.6 Å². The van der Waals surface area contributed by atoms with E-state index in [4.69, 9.17) is 16.9 Å². The summed E-state index contributed by atoms with van der Waals surface area (Å²) < 4.78 is 1.68. The molecule has 0 unspecified atom stereocenters. The second kappa shape index (κ2) is 5.48. The van der Waals surface area contributed by atoms with Gasteiger partial charge in [-0.05, 0) is 24.3 Å². The first-order chi connectivity index (χ1) is 8.72. The van der Waals surface area contributed by atoms with Gasteiger partial charge in [-0.1, -0.05) is 11.6 Å². The molecule has 18 heavy (non-hydrogen) atoms. The van der Waals surface area contributed by atoms with Crippen LogP contribution < -0.4 is 0 Å². The van der Waals surface area contributed by atoms with E-state index >= 15 is 0 Å². The van der Waals surface area contributed by atoms with Gasteiger partial charge < -0.3 is 4.57 Å². The van der Waals surface area contributed by atoms with Crippen LogP contribution in [0, 0.1) is 11.3 Å². The van der Waals surface area contributed by atoms with Crippen molar-refractivity contribution < 1.29 is 4.79 Å². The van der Waals surface area contributed by atoms with Crippen molar-refractivity contribution in [3.63, 3.8) is 0 Å². The van der Waals surface area contributed by atoms with Gasteiger partial charge in [0.2, 0.25) is 5.78 Å². The zero-order valence-corrected chi connectivity index (χ0v) is 10.3. The molecule has 0 aliphatic rings. The maximum absolute atomic E-state index is 12.2. The number of nitrogens with zero attached hydrogens (tertiary/aromatic N) is 3. The van der Waals surface area contributed by atoms with E-state index in [0.717, 1.165) is 0 Å². The number of hydrogen-bond acceptors (Lipinski definition) is 3. The van der Waals surface area contributed by atoms with E-state index in [1.54, 1.807) is 41.2 Å². The summed E-state index contributed by atoms with van der Waals surface area (Å²) in [6.07, 6.45) is 3.60. The van der Waals surface area contributed by atoms with E-state index < -0.39 is 0 Å². The van der Waals surface area contributed by atoms with E-state index in [9.17, 15) is 4.79 Å². The fraction of sp³-hybridized carbons (Fsp3) is 0.154. The Morgan fingerprint density at radius 2 is 2.11 bits per heavy atom. The molecule has 0 saturated carbocycles. The predicted octanol–water partition coefficient (Wildman–Crippen LogP) is 2.68. The standard InChI is InChI=1S/C13H10ClN3O/c14-11-4-2-10(3-5-11)12(18)13-16-7-9-17(13)8-1-6-15/h2-5,7,9H,1,8H2. The van der Waals surface area contributed by atoms with Gasteiger partial charge in [-0.3, -0.25) is 4.79 Å². The van der Waals surface area contributed by atoms with Crippen LogP contribution in [-0.2, 0) is 6.54 Å². The Morgan fingerprint density at radius 1 is 1.39 bits per heavy atom. The summed E-state index contributed by atoms with van der Waals surface area (Å²) in [5, 5.41) is 9.14. The number of nitriles is 1. The molecule has 0 spiro atoms. The van der Waals surface area contributed by atoms with E-state index in [2.05, 4.69) is 4.98 Å². The first-order valence-corrected chi connectivity index (χ1v) is 5.78. The summed E-state index contributed by atoms with van der Waals surface area (Å²) in [5.41, 5.74) is 0.531. The lowest BCUT2D eigenvalue weighted by atomic mass is 10.1. The SMILES string of the molecule is N#CCCn1ccnc1C(=O)c1ccc(Cl)cc1. The number of rotatable bonds is 4. The Labute approximate surface area is 109 Å². The van der Waals surface area contributed by atoms with Gasteiger partial charge in [0.15, 0.2) is 5.82 Å². The van der Waals surface area contributed by atoms with Crippen molar-refractivity contribution in [1.82, 2.24) is 9.55 Å². The number of aromatic nitrogens is 2. The molecule has 0 N–H and O–H groups in total. The van der Waals surface area contributed by atoms with Crippen LogP contribution in [0.4, 0.5) is 0 Å². The van der Waals surface area contributed by atoms with Gasteiger partial charge in [-0.25, -0.2) is 4.98 Å². The third kappa shape index (κ3) is 2.58. The van der Waals surface area contributed by atoms with Gasteiger partial charge in [0.1, 0.15) is 0 Å². The molecule has 2 rings (SSSR count). The summed E-state index contributed by atoms with van der Waals surface area (Å²) in [7, 11) is 0.